The van der Waals surface area contributed by atoms with Crippen molar-refractivity contribution in [2.45, 2.75) is 10.9 Å². The van der Waals surface area contributed by atoms with Crippen molar-refractivity contribution >= 4 is 9.84 Å². The lowest BCUT2D eigenvalue weighted by molar-refractivity contribution is 0.409. The van der Waals surface area contributed by atoms with Crippen molar-refractivity contribution in [2.75, 3.05) is 7.11 Å². The van der Waals surface area contributed by atoms with E-state index in [1.807, 2.05) is 0 Å². The summed E-state index contributed by atoms with van der Waals surface area (Å²) < 4.78 is 42.1. The molecule has 0 aliphatic rings. The molecule has 1 aromatic heterocycles. The second-order valence-corrected chi connectivity index (χ2v) is 5.51. The van der Waals surface area contributed by atoms with Crippen LogP contribution in [0.4, 0.5) is 4.39 Å². The van der Waals surface area contributed by atoms with E-state index < -0.39 is 15.7 Å². The summed E-state index contributed by atoms with van der Waals surface area (Å²) in [5.41, 5.74) is 0.258. The van der Waals surface area contributed by atoms with Gasteiger partial charge in [0.1, 0.15) is 11.6 Å². The van der Waals surface area contributed by atoms with Crippen LogP contribution in [0.2, 0.25) is 0 Å². The predicted molar refractivity (Wildman–Crippen MR) is 62.4 cm³/mol. The van der Waals surface area contributed by atoms with Crippen molar-refractivity contribution in [1.29, 1.82) is 0 Å². The molecule has 2 rings (SSSR count). The summed E-state index contributed by atoms with van der Waals surface area (Å²) in [5.74, 6) is -0.562. The Morgan fingerprint density at radius 2 is 2.22 bits per heavy atom. The molecule has 0 bridgehead atoms. The minimum absolute atomic E-state index is 0.145. The normalized spacial score (nSPS) is 11.4. The fraction of sp³-hybridized carbons (Fsp3) is 0.182. The van der Waals surface area contributed by atoms with Crippen LogP contribution in [0.15, 0.2) is 35.7 Å². The minimum Gasteiger partial charge on any atom is -0.496 e. The third-order valence-corrected chi connectivity index (χ3v) is 3.86. The van der Waals surface area contributed by atoms with E-state index in [1.54, 1.807) is 0 Å². The Morgan fingerprint density at radius 3 is 2.83 bits per heavy atom. The summed E-state index contributed by atoms with van der Waals surface area (Å²) in [7, 11) is -2.23. The smallest absolute Gasteiger partial charge is 0.225 e. The van der Waals surface area contributed by atoms with Crippen molar-refractivity contribution < 1.29 is 17.5 Å². The molecule has 1 heterocycles. The van der Waals surface area contributed by atoms with Crippen LogP contribution >= 0.6 is 0 Å². The highest BCUT2D eigenvalue weighted by Gasteiger charge is 2.20. The van der Waals surface area contributed by atoms with E-state index in [1.165, 1.54) is 31.6 Å². The first-order valence-corrected chi connectivity index (χ1v) is 6.73. The fourth-order valence-electron chi connectivity index (χ4n) is 1.55. The zero-order valence-electron chi connectivity index (χ0n) is 9.55. The van der Waals surface area contributed by atoms with Gasteiger partial charge in [-0.1, -0.05) is 0 Å². The van der Waals surface area contributed by atoms with E-state index in [-0.39, 0.29) is 16.5 Å². The summed E-state index contributed by atoms with van der Waals surface area (Å²) >= 11 is 0. The molecule has 0 atom stereocenters. The third-order valence-electron chi connectivity index (χ3n) is 2.36. The van der Waals surface area contributed by atoms with E-state index in [2.05, 4.69) is 9.97 Å². The Bertz CT molecular complexity index is 638. The van der Waals surface area contributed by atoms with Gasteiger partial charge in [-0.05, 0) is 18.2 Å². The molecule has 0 spiro atoms. The van der Waals surface area contributed by atoms with Crippen LogP contribution in [0.1, 0.15) is 5.56 Å². The Kier molecular flexibility index (Phi) is 3.33. The van der Waals surface area contributed by atoms with E-state index in [0.717, 1.165) is 6.07 Å². The van der Waals surface area contributed by atoms with Crippen LogP contribution in [0.25, 0.3) is 0 Å². The summed E-state index contributed by atoms with van der Waals surface area (Å²) in [6.45, 7) is 0. The molecule has 0 fully saturated rings. The quantitative estimate of drug-likeness (QED) is 0.914. The van der Waals surface area contributed by atoms with Gasteiger partial charge < -0.3 is 9.72 Å². The van der Waals surface area contributed by atoms with Crippen LogP contribution < -0.4 is 4.74 Å². The van der Waals surface area contributed by atoms with E-state index in [9.17, 15) is 12.8 Å². The maximum absolute atomic E-state index is 13.1. The number of hydrogen-bond donors (Lipinski definition) is 1. The van der Waals surface area contributed by atoms with Crippen LogP contribution in [-0.4, -0.2) is 25.5 Å². The molecule has 0 radical (unpaired) electrons. The van der Waals surface area contributed by atoms with Crippen LogP contribution in [0.5, 0.6) is 5.75 Å². The monoisotopic (exact) mass is 270 g/mol. The van der Waals surface area contributed by atoms with Crippen molar-refractivity contribution in [2.24, 2.45) is 0 Å². The number of nitrogens with zero attached hydrogens (tertiary/aromatic N) is 1. The molecule has 0 aliphatic heterocycles. The van der Waals surface area contributed by atoms with Crippen molar-refractivity contribution in [3.8, 4) is 5.75 Å². The number of halogens is 1. The molecule has 0 saturated carbocycles. The number of aromatic amines is 1. The summed E-state index contributed by atoms with van der Waals surface area (Å²) in [4.78, 5) is 6.20. The molecule has 0 unspecified atom stereocenters. The second kappa shape index (κ2) is 4.77. The lowest BCUT2D eigenvalue weighted by Gasteiger charge is -2.08. The number of aromatic nitrogens is 2. The highest BCUT2D eigenvalue weighted by Crippen LogP contribution is 2.23. The van der Waals surface area contributed by atoms with Crippen LogP contribution in [-0.2, 0) is 15.6 Å². The number of nitrogens with one attached hydrogen (secondary N) is 1. The molecule has 0 amide bonds. The molecule has 7 heteroatoms. The lowest BCUT2D eigenvalue weighted by atomic mass is 10.2. The van der Waals surface area contributed by atoms with Crippen LogP contribution in [0.3, 0.4) is 0 Å². The van der Waals surface area contributed by atoms with Gasteiger partial charge in [0.05, 0.1) is 12.9 Å². The van der Waals surface area contributed by atoms with Gasteiger partial charge in [0, 0.05) is 18.0 Å². The van der Waals surface area contributed by atoms with E-state index in [4.69, 9.17) is 4.74 Å². The molecule has 1 aromatic carbocycles. The molecule has 18 heavy (non-hydrogen) atoms. The molecule has 0 aliphatic carbocycles. The Balaban J connectivity index is 2.37. The first-order valence-electron chi connectivity index (χ1n) is 5.07. The Hall–Kier alpha value is -1.89. The van der Waals surface area contributed by atoms with Gasteiger partial charge in [0.25, 0.3) is 0 Å². The minimum atomic E-state index is -3.63. The van der Waals surface area contributed by atoms with Crippen molar-refractivity contribution in [3.05, 3.63) is 42.0 Å². The molecule has 96 valence electrons. The number of ether oxygens (including phenoxy) is 1. The van der Waals surface area contributed by atoms with Gasteiger partial charge in [0.15, 0.2) is 0 Å². The molecular weight excluding hydrogens is 259 g/mol. The first-order chi connectivity index (χ1) is 8.53. The lowest BCUT2D eigenvalue weighted by Crippen LogP contribution is -2.08. The Labute approximate surface area is 104 Å². The van der Waals surface area contributed by atoms with Crippen molar-refractivity contribution in [3.63, 3.8) is 0 Å². The maximum Gasteiger partial charge on any atom is 0.225 e. The first kappa shape index (κ1) is 12.6. The van der Waals surface area contributed by atoms with Gasteiger partial charge in [-0.2, -0.15) is 0 Å². The highest BCUT2D eigenvalue weighted by molar-refractivity contribution is 7.90. The van der Waals surface area contributed by atoms with Gasteiger partial charge in [-0.15, -0.1) is 0 Å². The topological polar surface area (TPSA) is 72.1 Å². The number of rotatable bonds is 4. The van der Waals surface area contributed by atoms with E-state index >= 15 is 0 Å². The number of H-pyrrole nitrogens is 1. The van der Waals surface area contributed by atoms with Gasteiger partial charge in [-0.25, -0.2) is 17.8 Å². The summed E-state index contributed by atoms with van der Waals surface area (Å²) in [6, 6.07) is 3.74. The molecule has 2 aromatic rings. The average molecular weight is 270 g/mol. The fourth-order valence-corrected chi connectivity index (χ4v) is 2.79. The number of benzene rings is 1. The highest BCUT2D eigenvalue weighted by atomic mass is 32.2. The number of methoxy groups -OCH3 is 1. The zero-order chi connectivity index (χ0) is 13.2. The molecular formula is C11H11FN2O3S. The number of hydrogen-bond acceptors (Lipinski definition) is 4. The third kappa shape index (κ3) is 2.51. The van der Waals surface area contributed by atoms with Crippen LogP contribution in [0, 0.1) is 5.82 Å². The molecule has 0 saturated heterocycles. The maximum atomic E-state index is 13.1. The van der Waals surface area contributed by atoms with Gasteiger partial charge in [-0.3, -0.25) is 0 Å². The zero-order valence-corrected chi connectivity index (χ0v) is 10.4. The summed E-state index contributed by atoms with van der Waals surface area (Å²) in [5, 5.41) is -0.145. The summed E-state index contributed by atoms with van der Waals surface area (Å²) in [6.07, 6.45) is 2.76. The molecule has 5 nitrogen and oxygen atoms in total. The standard InChI is InChI=1S/C11H11FN2O3S/c1-17-10-3-2-9(12)6-8(10)7-18(15,16)11-13-4-5-14-11/h2-6H,7H2,1H3,(H,13,14). The molecule has 1 N–H and O–H groups in total. The number of imidazole rings is 1. The van der Waals surface area contributed by atoms with Gasteiger partial charge >= 0.3 is 0 Å². The SMILES string of the molecule is COc1ccc(F)cc1CS(=O)(=O)c1ncc[nH]1. The predicted octanol–water partition coefficient (Wildman–Crippen LogP) is 1.53. The second-order valence-electron chi connectivity index (χ2n) is 3.61. The van der Waals surface area contributed by atoms with Crippen molar-refractivity contribution in [1.82, 2.24) is 9.97 Å². The number of sulfone groups is 1. The van der Waals surface area contributed by atoms with E-state index in [0.29, 0.717) is 5.75 Å². The largest absolute Gasteiger partial charge is 0.496 e. The Morgan fingerprint density at radius 1 is 1.44 bits per heavy atom. The van der Waals surface area contributed by atoms with Gasteiger partial charge in [0.2, 0.25) is 15.0 Å². The average Bonchev–Trinajstić information content (AvgIpc) is 2.83.